The van der Waals surface area contributed by atoms with Gasteiger partial charge in [0.2, 0.25) is 11.1 Å². The van der Waals surface area contributed by atoms with Gasteiger partial charge in [0.1, 0.15) is 5.82 Å². The Balaban J connectivity index is 1.50. The van der Waals surface area contributed by atoms with Crippen molar-refractivity contribution in [3.8, 4) is 0 Å². The van der Waals surface area contributed by atoms with Gasteiger partial charge in [-0.25, -0.2) is 4.98 Å². The molecule has 0 bridgehead atoms. The lowest BCUT2D eigenvalue weighted by molar-refractivity contribution is -0.385. The van der Waals surface area contributed by atoms with Gasteiger partial charge < -0.3 is 5.32 Å². The fourth-order valence-electron chi connectivity index (χ4n) is 3.13. The van der Waals surface area contributed by atoms with Crippen molar-refractivity contribution in [1.82, 2.24) is 15.2 Å². The molecule has 1 aromatic carbocycles. The van der Waals surface area contributed by atoms with Gasteiger partial charge in [-0.15, -0.1) is 5.10 Å². The average Bonchev–Trinajstić information content (AvgIpc) is 3.27. The minimum absolute atomic E-state index is 0.0130. The summed E-state index contributed by atoms with van der Waals surface area (Å²) in [7, 11) is 0. The van der Waals surface area contributed by atoms with Crippen LogP contribution in [-0.2, 0) is 11.2 Å². The molecule has 1 fully saturated rings. The van der Waals surface area contributed by atoms with Crippen molar-refractivity contribution in [3.05, 3.63) is 39.7 Å². The van der Waals surface area contributed by atoms with Crippen molar-refractivity contribution in [2.45, 2.75) is 44.2 Å². The lowest BCUT2D eigenvalue weighted by Gasteiger charge is -2.05. The van der Waals surface area contributed by atoms with Crippen molar-refractivity contribution in [2.75, 3.05) is 11.1 Å². The summed E-state index contributed by atoms with van der Waals surface area (Å²) in [6, 6.07) is 4.63. The average molecular weight is 375 g/mol. The van der Waals surface area contributed by atoms with Crippen LogP contribution in [0.15, 0.2) is 23.4 Å². The number of nitro groups is 1. The first kappa shape index (κ1) is 18.4. The molecule has 8 nitrogen and oxygen atoms in total. The monoisotopic (exact) mass is 375 g/mol. The maximum Gasteiger partial charge on any atom is 0.274 e. The number of aromatic nitrogens is 3. The molecule has 0 radical (unpaired) electrons. The van der Waals surface area contributed by atoms with Crippen LogP contribution in [0.5, 0.6) is 0 Å². The van der Waals surface area contributed by atoms with Gasteiger partial charge in [0, 0.05) is 23.7 Å². The number of thioether (sulfide) groups is 1. The van der Waals surface area contributed by atoms with Crippen LogP contribution in [0.3, 0.4) is 0 Å². The number of hydrogen-bond donors (Lipinski definition) is 2. The quantitative estimate of drug-likeness (QED) is 0.435. The molecule has 2 aromatic rings. The number of H-pyrrole nitrogens is 1. The Hall–Kier alpha value is -2.42. The van der Waals surface area contributed by atoms with E-state index in [2.05, 4.69) is 20.5 Å². The predicted octanol–water partition coefficient (Wildman–Crippen LogP) is 3.48. The van der Waals surface area contributed by atoms with Crippen molar-refractivity contribution in [3.63, 3.8) is 0 Å². The Bertz CT molecular complexity index is 801. The van der Waals surface area contributed by atoms with E-state index in [-0.39, 0.29) is 17.3 Å². The maximum absolute atomic E-state index is 12.1. The van der Waals surface area contributed by atoms with Crippen LogP contribution in [0.25, 0.3) is 0 Å². The summed E-state index contributed by atoms with van der Waals surface area (Å²) in [4.78, 5) is 27.0. The molecule has 0 aliphatic heterocycles. The second kappa shape index (κ2) is 8.31. The number of nitrogens with one attached hydrogen (secondary N) is 2. The van der Waals surface area contributed by atoms with Gasteiger partial charge in [-0.05, 0) is 18.9 Å². The van der Waals surface area contributed by atoms with Crippen LogP contribution < -0.4 is 5.32 Å². The summed E-state index contributed by atoms with van der Waals surface area (Å²) in [5.74, 6) is 1.44. The summed E-state index contributed by atoms with van der Waals surface area (Å²) in [5, 5.41) is 21.3. The van der Waals surface area contributed by atoms with E-state index in [0.717, 1.165) is 12.2 Å². The molecule has 0 spiro atoms. The van der Waals surface area contributed by atoms with E-state index in [4.69, 9.17) is 0 Å². The fraction of sp³-hybridized carbons (Fsp3) is 0.471. The molecule has 3 rings (SSSR count). The fourth-order valence-corrected chi connectivity index (χ4v) is 3.75. The highest BCUT2D eigenvalue weighted by atomic mass is 32.2. The van der Waals surface area contributed by atoms with Gasteiger partial charge in [0.15, 0.2) is 0 Å². The number of amides is 1. The molecule has 2 N–H and O–H groups in total. The van der Waals surface area contributed by atoms with Crippen LogP contribution in [0, 0.1) is 23.0 Å². The highest BCUT2D eigenvalue weighted by molar-refractivity contribution is 7.99. The van der Waals surface area contributed by atoms with Gasteiger partial charge in [-0.2, -0.15) is 0 Å². The topological polar surface area (TPSA) is 114 Å². The van der Waals surface area contributed by atoms with Crippen molar-refractivity contribution in [2.24, 2.45) is 5.92 Å². The second-order valence-corrected chi connectivity index (χ2v) is 7.46. The first-order chi connectivity index (χ1) is 12.5. The zero-order valence-electron chi connectivity index (χ0n) is 14.5. The Morgan fingerprint density at radius 2 is 2.19 bits per heavy atom. The van der Waals surface area contributed by atoms with Gasteiger partial charge in [0.25, 0.3) is 5.69 Å². The van der Waals surface area contributed by atoms with E-state index < -0.39 is 4.92 Å². The normalized spacial score (nSPS) is 14.5. The van der Waals surface area contributed by atoms with Crippen LogP contribution in [-0.4, -0.2) is 31.8 Å². The molecule has 1 amide bonds. The lowest BCUT2D eigenvalue weighted by atomic mass is 10.0. The van der Waals surface area contributed by atoms with E-state index in [1.165, 1.54) is 43.5 Å². The molecule has 1 aliphatic rings. The van der Waals surface area contributed by atoms with Gasteiger partial charge in [0.05, 0.1) is 10.7 Å². The smallest absolute Gasteiger partial charge is 0.274 e. The Kier molecular flexibility index (Phi) is 5.87. The molecule has 0 unspecified atom stereocenters. The molecule has 9 heteroatoms. The summed E-state index contributed by atoms with van der Waals surface area (Å²) in [6.07, 6.45) is 5.98. The Morgan fingerprint density at radius 1 is 1.42 bits per heavy atom. The summed E-state index contributed by atoms with van der Waals surface area (Å²) < 4.78 is 0. The molecular weight excluding hydrogens is 354 g/mol. The van der Waals surface area contributed by atoms with Gasteiger partial charge in [-0.3, -0.25) is 20.0 Å². The Morgan fingerprint density at radius 3 is 2.92 bits per heavy atom. The number of nitro benzene ring substituents is 1. The molecule has 1 heterocycles. The number of hydrogen-bond acceptors (Lipinski definition) is 6. The second-order valence-electron chi connectivity index (χ2n) is 6.51. The van der Waals surface area contributed by atoms with E-state index in [9.17, 15) is 14.9 Å². The number of carbonyl (C=O) groups excluding carboxylic acids is 1. The lowest BCUT2D eigenvalue weighted by Crippen LogP contribution is -2.14. The van der Waals surface area contributed by atoms with E-state index in [0.29, 0.717) is 22.3 Å². The van der Waals surface area contributed by atoms with E-state index in [1.807, 2.05) is 0 Å². The maximum atomic E-state index is 12.1. The van der Waals surface area contributed by atoms with E-state index >= 15 is 0 Å². The number of aryl methyl sites for hydroxylation is 1. The molecule has 0 saturated heterocycles. The number of benzene rings is 1. The first-order valence-corrected chi connectivity index (χ1v) is 9.59. The number of aromatic amines is 1. The highest BCUT2D eigenvalue weighted by Crippen LogP contribution is 2.27. The third kappa shape index (κ3) is 4.81. The Labute approximate surface area is 155 Å². The largest absolute Gasteiger partial charge is 0.325 e. The highest BCUT2D eigenvalue weighted by Gasteiger charge is 2.18. The van der Waals surface area contributed by atoms with Crippen LogP contribution in [0.1, 0.15) is 37.1 Å². The standard InChI is InChI=1S/C17H21N5O3S/c1-11-6-7-13(9-14(11)22(24)25)18-16(23)10-26-17-19-15(20-21-17)8-12-4-2-3-5-12/h6-7,9,12H,2-5,8,10H2,1H3,(H,18,23)(H,19,20,21). The molecule has 138 valence electrons. The van der Waals surface area contributed by atoms with Gasteiger partial charge in [-0.1, -0.05) is 43.5 Å². The third-order valence-corrected chi connectivity index (χ3v) is 5.34. The SMILES string of the molecule is Cc1ccc(NC(=O)CSc2n[nH]c(CC3CCCC3)n2)cc1[N+](=O)[O-]. The summed E-state index contributed by atoms with van der Waals surface area (Å²) in [6.45, 7) is 1.66. The zero-order valence-corrected chi connectivity index (χ0v) is 15.3. The third-order valence-electron chi connectivity index (χ3n) is 4.49. The number of anilines is 1. The predicted molar refractivity (Wildman–Crippen MR) is 99.2 cm³/mol. The van der Waals surface area contributed by atoms with Crippen LogP contribution in [0.2, 0.25) is 0 Å². The number of rotatable bonds is 7. The van der Waals surface area contributed by atoms with Crippen LogP contribution >= 0.6 is 11.8 Å². The number of nitrogens with zero attached hydrogens (tertiary/aromatic N) is 3. The minimum Gasteiger partial charge on any atom is -0.325 e. The molecule has 1 saturated carbocycles. The van der Waals surface area contributed by atoms with Crippen molar-refractivity contribution >= 4 is 29.0 Å². The van der Waals surface area contributed by atoms with Crippen molar-refractivity contribution in [1.29, 1.82) is 0 Å². The molecular formula is C17H21N5O3S. The molecule has 0 atom stereocenters. The minimum atomic E-state index is -0.459. The van der Waals surface area contributed by atoms with Crippen molar-refractivity contribution < 1.29 is 9.72 Å². The zero-order chi connectivity index (χ0) is 18.5. The molecule has 1 aromatic heterocycles. The summed E-state index contributed by atoms with van der Waals surface area (Å²) >= 11 is 1.24. The van der Waals surface area contributed by atoms with E-state index in [1.54, 1.807) is 19.1 Å². The number of carbonyl (C=O) groups is 1. The van der Waals surface area contributed by atoms with Crippen LogP contribution in [0.4, 0.5) is 11.4 Å². The molecule has 26 heavy (non-hydrogen) atoms. The first-order valence-electron chi connectivity index (χ1n) is 8.60. The molecule has 1 aliphatic carbocycles. The summed E-state index contributed by atoms with van der Waals surface area (Å²) in [5.41, 5.74) is 0.948. The van der Waals surface area contributed by atoms with Gasteiger partial charge >= 0.3 is 0 Å².